The summed E-state index contributed by atoms with van der Waals surface area (Å²) in [5, 5.41) is 8.95. The first-order chi connectivity index (χ1) is 7.93. The maximum atomic E-state index is 12.2. The molecule has 0 fully saturated rings. The van der Waals surface area contributed by atoms with E-state index >= 15 is 0 Å². The minimum absolute atomic E-state index is 0.0798. The Morgan fingerprint density at radius 3 is 2.59 bits per heavy atom. The summed E-state index contributed by atoms with van der Waals surface area (Å²) < 4.78 is 25.3. The van der Waals surface area contributed by atoms with E-state index in [1.807, 2.05) is 0 Å². The van der Waals surface area contributed by atoms with E-state index in [-0.39, 0.29) is 28.0 Å². The van der Waals surface area contributed by atoms with E-state index in [0.29, 0.717) is 0 Å². The molecule has 4 nitrogen and oxygen atoms in total. The summed E-state index contributed by atoms with van der Waals surface area (Å²) in [7, 11) is -3.77. The van der Waals surface area contributed by atoms with Crippen molar-refractivity contribution >= 4 is 33.2 Å². The number of nitrogens with zero attached hydrogens (tertiary/aromatic N) is 2. The largest absolute Gasteiger partial charge is 0.245 e. The number of hydrogen-bond donors (Lipinski definition) is 0. The standard InChI is InChI=1S/C10H10Cl2N2O2S/c1-2-14(6-5-13)17(15,16)10-7-8(11)3-4-9(10)12/h3-4,7H,2,6H2,1H3. The Bertz CT molecular complexity index is 552. The molecule has 0 N–H and O–H groups in total. The van der Waals surface area contributed by atoms with E-state index in [1.54, 1.807) is 13.0 Å². The van der Waals surface area contributed by atoms with Gasteiger partial charge in [-0.25, -0.2) is 8.42 Å². The predicted octanol–water partition coefficient (Wildman–Crippen LogP) is 2.53. The fraction of sp³-hybridized carbons (Fsp3) is 0.300. The minimum Gasteiger partial charge on any atom is -0.207 e. The summed E-state index contributed by atoms with van der Waals surface area (Å²) in [6, 6.07) is 5.99. The maximum Gasteiger partial charge on any atom is 0.245 e. The summed E-state index contributed by atoms with van der Waals surface area (Å²) in [5.41, 5.74) is 0. The number of halogens is 2. The first-order valence-corrected chi connectivity index (χ1v) is 6.95. The van der Waals surface area contributed by atoms with Crippen LogP contribution < -0.4 is 0 Å². The summed E-state index contributed by atoms with van der Waals surface area (Å²) in [6.45, 7) is 1.62. The van der Waals surface area contributed by atoms with Crippen LogP contribution in [0.1, 0.15) is 6.92 Å². The minimum atomic E-state index is -3.77. The lowest BCUT2D eigenvalue weighted by Gasteiger charge is -2.18. The number of hydrogen-bond acceptors (Lipinski definition) is 3. The zero-order chi connectivity index (χ0) is 13.1. The maximum absolute atomic E-state index is 12.2. The Balaban J connectivity index is 3.30. The van der Waals surface area contributed by atoms with Crippen molar-refractivity contribution in [3.8, 4) is 6.07 Å². The van der Waals surface area contributed by atoms with Gasteiger partial charge in [0.1, 0.15) is 11.4 Å². The molecule has 0 bridgehead atoms. The topological polar surface area (TPSA) is 61.2 Å². The number of rotatable bonds is 4. The number of sulfonamides is 1. The lowest BCUT2D eigenvalue weighted by atomic mass is 10.4. The highest BCUT2D eigenvalue weighted by Gasteiger charge is 2.25. The van der Waals surface area contributed by atoms with E-state index in [9.17, 15) is 8.42 Å². The molecule has 0 saturated carbocycles. The molecule has 1 aromatic rings. The van der Waals surface area contributed by atoms with Crippen molar-refractivity contribution in [3.63, 3.8) is 0 Å². The normalized spacial score (nSPS) is 11.5. The molecule has 0 spiro atoms. The van der Waals surface area contributed by atoms with Gasteiger partial charge in [-0.3, -0.25) is 0 Å². The van der Waals surface area contributed by atoms with Gasteiger partial charge in [0.15, 0.2) is 0 Å². The molecule has 17 heavy (non-hydrogen) atoms. The van der Waals surface area contributed by atoms with E-state index in [4.69, 9.17) is 28.5 Å². The van der Waals surface area contributed by atoms with Gasteiger partial charge in [0.25, 0.3) is 0 Å². The van der Waals surface area contributed by atoms with E-state index in [2.05, 4.69) is 0 Å². The molecule has 0 aliphatic carbocycles. The average Bonchev–Trinajstić information content (AvgIpc) is 2.28. The molecule has 7 heteroatoms. The van der Waals surface area contributed by atoms with Crippen LogP contribution in [0.25, 0.3) is 0 Å². The summed E-state index contributed by atoms with van der Waals surface area (Å²) in [4.78, 5) is -0.0798. The van der Waals surface area contributed by atoms with Crippen LogP contribution in [0.2, 0.25) is 10.0 Å². The highest BCUT2D eigenvalue weighted by Crippen LogP contribution is 2.27. The third-order valence-electron chi connectivity index (χ3n) is 2.11. The molecule has 0 atom stereocenters. The van der Waals surface area contributed by atoms with Crippen molar-refractivity contribution in [1.29, 1.82) is 5.26 Å². The Morgan fingerprint density at radius 2 is 2.06 bits per heavy atom. The third-order valence-corrected chi connectivity index (χ3v) is 4.75. The fourth-order valence-corrected chi connectivity index (χ4v) is 3.34. The third kappa shape index (κ3) is 3.11. The predicted molar refractivity (Wildman–Crippen MR) is 66.5 cm³/mol. The van der Waals surface area contributed by atoms with Gasteiger partial charge in [-0.1, -0.05) is 30.1 Å². The molecule has 0 aliphatic rings. The second kappa shape index (κ2) is 5.69. The van der Waals surface area contributed by atoms with Crippen LogP contribution in [0.4, 0.5) is 0 Å². The second-order valence-electron chi connectivity index (χ2n) is 3.16. The zero-order valence-electron chi connectivity index (χ0n) is 9.02. The van der Waals surface area contributed by atoms with Crippen LogP contribution in [-0.2, 0) is 10.0 Å². The molecule has 92 valence electrons. The Kier molecular flexibility index (Phi) is 4.78. The average molecular weight is 293 g/mol. The molecule has 1 rings (SSSR count). The Labute approximate surface area is 110 Å². The van der Waals surface area contributed by atoms with E-state index in [1.165, 1.54) is 18.2 Å². The van der Waals surface area contributed by atoms with Crippen molar-refractivity contribution in [2.24, 2.45) is 0 Å². The van der Waals surface area contributed by atoms with Gasteiger partial charge in [-0.15, -0.1) is 0 Å². The highest BCUT2D eigenvalue weighted by atomic mass is 35.5. The van der Waals surface area contributed by atoms with Gasteiger partial charge in [0.2, 0.25) is 10.0 Å². The van der Waals surface area contributed by atoms with Gasteiger partial charge in [-0.2, -0.15) is 9.57 Å². The lowest BCUT2D eigenvalue weighted by molar-refractivity contribution is 0.462. The van der Waals surface area contributed by atoms with Crippen LogP contribution in [0.5, 0.6) is 0 Å². The molecule has 0 aromatic heterocycles. The Morgan fingerprint density at radius 1 is 1.41 bits per heavy atom. The van der Waals surface area contributed by atoms with Gasteiger partial charge in [0.05, 0.1) is 11.1 Å². The second-order valence-corrected chi connectivity index (χ2v) is 5.91. The van der Waals surface area contributed by atoms with Crippen molar-refractivity contribution in [2.75, 3.05) is 13.1 Å². The monoisotopic (exact) mass is 292 g/mol. The van der Waals surface area contributed by atoms with Crippen molar-refractivity contribution in [2.45, 2.75) is 11.8 Å². The number of benzene rings is 1. The molecular weight excluding hydrogens is 283 g/mol. The molecule has 0 aliphatic heterocycles. The van der Waals surface area contributed by atoms with Crippen LogP contribution in [-0.4, -0.2) is 25.8 Å². The Hall–Kier alpha value is -0.800. The van der Waals surface area contributed by atoms with E-state index < -0.39 is 10.0 Å². The molecule has 1 aromatic carbocycles. The van der Waals surface area contributed by atoms with Crippen LogP contribution in [0, 0.1) is 11.3 Å². The molecule has 0 heterocycles. The molecular formula is C10H10Cl2N2O2S. The zero-order valence-corrected chi connectivity index (χ0v) is 11.3. The smallest absolute Gasteiger partial charge is 0.207 e. The molecule has 0 saturated heterocycles. The summed E-state index contributed by atoms with van der Waals surface area (Å²) >= 11 is 11.6. The SMILES string of the molecule is CCN(CC#N)S(=O)(=O)c1cc(Cl)ccc1Cl. The van der Waals surface area contributed by atoms with Gasteiger partial charge in [0, 0.05) is 11.6 Å². The first kappa shape index (κ1) is 14.3. The van der Waals surface area contributed by atoms with Crippen LogP contribution in [0.3, 0.4) is 0 Å². The summed E-state index contributed by atoms with van der Waals surface area (Å²) in [5.74, 6) is 0. The quantitative estimate of drug-likeness (QED) is 0.801. The summed E-state index contributed by atoms with van der Waals surface area (Å²) in [6.07, 6.45) is 0. The van der Waals surface area contributed by atoms with Gasteiger partial charge in [-0.05, 0) is 18.2 Å². The van der Waals surface area contributed by atoms with Gasteiger partial charge >= 0.3 is 0 Å². The first-order valence-electron chi connectivity index (χ1n) is 4.75. The number of nitriles is 1. The van der Waals surface area contributed by atoms with E-state index in [0.717, 1.165) is 4.31 Å². The van der Waals surface area contributed by atoms with Crippen LogP contribution in [0.15, 0.2) is 23.1 Å². The molecule has 0 unspecified atom stereocenters. The lowest BCUT2D eigenvalue weighted by Crippen LogP contribution is -2.31. The fourth-order valence-electron chi connectivity index (χ4n) is 1.26. The highest BCUT2D eigenvalue weighted by molar-refractivity contribution is 7.89. The van der Waals surface area contributed by atoms with Gasteiger partial charge < -0.3 is 0 Å². The molecule has 0 radical (unpaired) electrons. The van der Waals surface area contributed by atoms with Crippen molar-refractivity contribution in [3.05, 3.63) is 28.2 Å². The van der Waals surface area contributed by atoms with Crippen LogP contribution >= 0.6 is 23.2 Å². The molecule has 0 amide bonds. The van der Waals surface area contributed by atoms with Crippen molar-refractivity contribution in [1.82, 2.24) is 4.31 Å². The van der Waals surface area contributed by atoms with Crippen molar-refractivity contribution < 1.29 is 8.42 Å².